The van der Waals surface area contributed by atoms with Crippen molar-refractivity contribution in [3.63, 3.8) is 0 Å². The molecule has 0 aliphatic carbocycles. The van der Waals surface area contributed by atoms with Gasteiger partial charge in [0, 0.05) is 13.1 Å². The lowest BCUT2D eigenvalue weighted by atomic mass is 9.90. The predicted octanol–water partition coefficient (Wildman–Crippen LogP) is 1.03. The first-order valence-corrected chi connectivity index (χ1v) is 9.18. The molecule has 6 nitrogen and oxygen atoms in total. The fourth-order valence-electron chi connectivity index (χ4n) is 2.41. The van der Waals surface area contributed by atoms with Gasteiger partial charge in [0.25, 0.3) is 10.0 Å². The maximum atomic E-state index is 12.4. The number of hydrogen-bond donors (Lipinski definition) is 2. The van der Waals surface area contributed by atoms with Gasteiger partial charge in [0.1, 0.15) is 4.21 Å². The van der Waals surface area contributed by atoms with Gasteiger partial charge in [0.05, 0.1) is 6.04 Å². The van der Waals surface area contributed by atoms with Gasteiger partial charge in [-0.15, -0.1) is 23.7 Å². The fraction of sp³-hybridized carbons (Fsp3) is 0.615. The molecule has 1 aromatic heterocycles. The number of hydrogen-bond acceptors (Lipinski definition) is 5. The quantitative estimate of drug-likeness (QED) is 0.813. The van der Waals surface area contributed by atoms with E-state index in [0.717, 1.165) is 17.8 Å². The minimum absolute atomic E-state index is 0. The summed E-state index contributed by atoms with van der Waals surface area (Å²) in [6.45, 7) is 5.34. The second-order valence-electron chi connectivity index (χ2n) is 5.80. The molecule has 2 heterocycles. The Labute approximate surface area is 141 Å². The Bertz CT molecular complexity index is 606. The first-order valence-electron chi connectivity index (χ1n) is 6.82. The molecule has 22 heavy (non-hydrogen) atoms. The number of halogens is 1. The summed E-state index contributed by atoms with van der Waals surface area (Å²) >= 11 is 1.13. The summed E-state index contributed by atoms with van der Waals surface area (Å²) in [7, 11) is -3.63. The van der Waals surface area contributed by atoms with Gasteiger partial charge >= 0.3 is 0 Å². The van der Waals surface area contributed by atoms with Gasteiger partial charge in [-0.25, -0.2) is 8.42 Å². The Morgan fingerprint density at radius 2 is 2.27 bits per heavy atom. The predicted molar refractivity (Wildman–Crippen MR) is 89.7 cm³/mol. The van der Waals surface area contributed by atoms with E-state index < -0.39 is 16.1 Å². The van der Waals surface area contributed by atoms with E-state index in [2.05, 4.69) is 4.72 Å². The molecule has 0 radical (unpaired) electrons. The van der Waals surface area contributed by atoms with Gasteiger partial charge < -0.3 is 10.6 Å². The number of thiophene rings is 1. The van der Waals surface area contributed by atoms with Crippen LogP contribution in [0.5, 0.6) is 0 Å². The van der Waals surface area contributed by atoms with E-state index in [-0.39, 0.29) is 27.9 Å². The molecule has 3 N–H and O–H groups in total. The maximum Gasteiger partial charge on any atom is 0.250 e. The average molecular weight is 368 g/mol. The summed E-state index contributed by atoms with van der Waals surface area (Å²) in [5, 5.41) is 1.69. The van der Waals surface area contributed by atoms with Gasteiger partial charge in [-0.05, 0) is 36.8 Å². The SMILES string of the molecule is CC(NS(=O)(=O)c1cccs1)C(=O)N1CCC(C)(CN)C1.Cl. The molecule has 0 bridgehead atoms. The number of nitrogens with two attached hydrogens (primary N) is 1. The van der Waals surface area contributed by atoms with E-state index in [1.165, 1.54) is 6.07 Å². The highest BCUT2D eigenvalue weighted by Crippen LogP contribution is 2.28. The Balaban J connectivity index is 0.00000242. The van der Waals surface area contributed by atoms with Crippen LogP contribution >= 0.6 is 23.7 Å². The second kappa shape index (κ2) is 7.27. The summed E-state index contributed by atoms with van der Waals surface area (Å²) in [5.41, 5.74) is 5.66. The number of carbonyl (C=O) groups is 1. The Morgan fingerprint density at radius 3 is 2.77 bits per heavy atom. The van der Waals surface area contributed by atoms with Gasteiger partial charge in [-0.3, -0.25) is 4.79 Å². The van der Waals surface area contributed by atoms with Crippen LogP contribution in [0.2, 0.25) is 0 Å². The van der Waals surface area contributed by atoms with E-state index in [9.17, 15) is 13.2 Å². The van der Waals surface area contributed by atoms with E-state index in [4.69, 9.17) is 5.73 Å². The normalized spacial score (nSPS) is 23.1. The molecule has 0 aromatic carbocycles. The molecule has 1 aliphatic heterocycles. The summed E-state index contributed by atoms with van der Waals surface area (Å²) in [4.78, 5) is 14.0. The molecule has 1 amide bonds. The summed E-state index contributed by atoms with van der Waals surface area (Å²) in [6, 6.07) is 2.40. The molecule has 126 valence electrons. The number of sulfonamides is 1. The smallest absolute Gasteiger partial charge is 0.250 e. The Hall–Kier alpha value is -0.670. The monoisotopic (exact) mass is 367 g/mol. The number of rotatable bonds is 5. The lowest BCUT2D eigenvalue weighted by Gasteiger charge is -2.24. The zero-order chi connectivity index (χ0) is 15.7. The summed E-state index contributed by atoms with van der Waals surface area (Å²) < 4.78 is 26.9. The third-order valence-corrected chi connectivity index (χ3v) is 6.76. The molecular weight excluding hydrogens is 346 g/mol. The van der Waals surface area contributed by atoms with Crippen LogP contribution < -0.4 is 10.5 Å². The van der Waals surface area contributed by atoms with Crippen LogP contribution in [0.4, 0.5) is 0 Å². The molecule has 1 fully saturated rings. The second-order valence-corrected chi connectivity index (χ2v) is 8.69. The largest absolute Gasteiger partial charge is 0.341 e. The molecule has 1 saturated heterocycles. The number of likely N-dealkylation sites (tertiary alicyclic amines) is 1. The van der Waals surface area contributed by atoms with Crippen LogP contribution in [-0.4, -0.2) is 44.9 Å². The van der Waals surface area contributed by atoms with Crippen molar-refractivity contribution in [2.45, 2.75) is 30.5 Å². The van der Waals surface area contributed by atoms with E-state index in [0.29, 0.717) is 19.6 Å². The van der Waals surface area contributed by atoms with Crippen molar-refractivity contribution in [2.24, 2.45) is 11.1 Å². The van der Waals surface area contributed by atoms with Gasteiger partial charge in [0.15, 0.2) is 0 Å². The van der Waals surface area contributed by atoms with Gasteiger partial charge in [-0.1, -0.05) is 13.0 Å². The molecule has 0 spiro atoms. The van der Waals surface area contributed by atoms with Gasteiger partial charge in [-0.2, -0.15) is 4.72 Å². The molecule has 1 aliphatic rings. The Kier molecular flexibility index (Phi) is 6.40. The number of carbonyl (C=O) groups excluding carboxylic acids is 1. The highest BCUT2D eigenvalue weighted by atomic mass is 35.5. The van der Waals surface area contributed by atoms with Crippen molar-refractivity contribution >= 4 is 39.7 Å². The molecule has 2 unspecified atom stereocenters. The van der Waals surface area contributed by atoms with Crippen LogP contribution in [-0.2, 0) is 14.8 Å². The Morgan fingerprint density at radius 1 is 1.59 bits per heavy atom. The van der Waals surface area contributed by atoms with Crippen LogP contribution in [0, 0.1) is 5.41 Å². The maximum absolute atomic E-state index is 12.4. The average Bonchev–Trinajstić information content (AvgIpc) is 3.07. The summed E-state index contributed by atoms with van der Waals surface area (Å²) in [5.74, 6) is -0.202. The van der Waals surface area contributed by atoms with E-state index in [1.54, 1.807) is 23.3 Å². The number of nitrogens with one attached hydrogen (secondary N) is 1. The standard InChI is InChI=1S/C13H21N3O3S2.ClH/c1-10(15-21(18,19)11-4-3-7-20-11)12(17)16-6-5-13(2,8-14)9-16;/h3-4,7,10,15H,5-6,8-9,14H2,1-2H3;1H. The third kappa shape index (κ3) is 4.20. The molecule has 0 saturated carbocycles. The first-order chi connectivity index (χ1) is 9.77. The van der Waals surface area contributed by atoms with Crippen LogP contribution in [0.25, 0.3) is 0 Å². The molecule has 1 aromatic rings. The van der Waals surface area contributed by atoms with Crippen LogP contribution in [0.1, 0.15) is 20.3 Å². The highest BCUT2D eigenvalue weighted by Gasteiger charge is 2.37. The lowest BCUT2D eigenvalue weighted by Crippen LogP contribution is -2.46. The molecule has 9 heteroatoms. The zero-order valence-corrected chi connectivity index (χ0v) is 15.1. The van der Waals surface area contributed by atoms with Crippen molar-refractivity contribution in [1.29, 1.82) is 0 Å². The third-order valence-electron chi connectivity index (χ3n) is 3.82. The minimum Gasteiger partial charge on any atom is -0.341 e. The highest BCUT2D eigenvalue weighted by molar-refractivity contribution is 7.91. The van der Waals surface area contributed by atoms with Crippen LogP contribution in [0.15, 0.2) is 21.7 Å². The summed E-state index contributed by atoms with van der Waals surface area (Å²) in [6.07, 6.45) is 0.847. The van der Waals surface area contributed by atoms with E-state index in [1.807, 2.05) is 6.92 Å². The van der Waals surface area contributed by atoms with E-state index >= 15 is 0 Å². The lowest BCUT2D eigenvalue weighted by molar-refractivity contribution is -0.131. The molecular formula is C13H22ClN3O3S2. The number of amides is 1. The first kappa shape index (κ1) is 19.4. The minimum atomic E-state index is -3.63. The molecule has 2 rings (SSSR count). The van der Waals surface area contributed by atoms with Crippen molar-refractivity contribution in [2.75, 3.05) is 19.6 Å². The number of nitrogens with zero attached hydrogens (tertiary/aromatic N) is 1. The van der Waals surface area contributed by atoms with Crippen molar-refractivity contribution in [1.82, 2.24) is 9.62 Å². The fourth-order valence-corrected chi connectivity index (χ4v) is 4.62. The van der Waals surface area contributed by atoms with Gasteiger partial charge in [0.2, 0.25) is 5.91 Å². The molecule has 2 atom stereocenters. The van der Waals surface area contributed by atoms with Crippen LogP contribution in [0.3, 0.4) is 0 Å². The zero-order valence-electron chi connectivity index (χ0n) is 12.6. The topological polar surface area (TPSA) is 92.5 Å². The van der Waals surface area contributed by atoms with Crippen molar-refractivity contribution in [3.8, 4) is 0 Å². The van der Waals surface area contributed by atoms with Crippen molar-refractivity contribution in [3.05, 3.63) is 17.5 Å². The van der Waals surface area contributed by atoms with Crippen molar-refractivity contribution < 1.29 is 13.2 Å².